The summed E-state index contributed by atoms with van der Waals surface area (Å²) in [6, 6.07) is 8.08. The van der Waals surface area contributed by atoms with Crippen LogP contribution in [0.5, 0.6) is 0 Å². The van der Waals surface area contributed by atoms with Crippen molar-refractivity contribution in [2.24, 2.45) is 0 Å². The van der Waals surface area contributed by atoms with Crippen LogP contribution in [-0.2, 0) is 0 Å². The summed E-state index contributed by atoms with van der Waals surface area (Å²) in [6.45, 7) is 1.77. The fraction of sp³-hybridized carbons (Fsp3) is 0.0588. The molecule has 3 N–H and O–H groups in total. The lowest BCUT2D eigenvalue weighted by molar-refractivity contribution is 0.0698. The number of hydrogen-bond donors (Lipinski definition) is 2. The molecule has 1 aromatic carbocycles. The highest BCUT2D eigenvalue weighted by molar-refractivity contribution is 5.92. The predicted molar refractivity (Wildman–Crippen MR) is 87.6 cm³/mol. The number of nitrogens with zero attached hydrogens (tertiary/aromatic N) is 4. The summed E-state index contributed by atoms with van der Waals surface area (Å²) in [5.74, 6) is -1.64. The van der Waals surface area contributed by atoms with E-state index in [4.69, 9.17) is 10.8 Å². The summed E-state index contributed by atoms with van der Waals surface area (Å²) in [7, 11) is 0. The zero-order valence-electron chi connectivity index (χ0n) is 13.1. The van der Waals surface area contributed by atoms with Crippen LogP contribution in [0.25, 0.3) is 16.9 Å². The minimum absolute atomic E-state index is 0.165. The molecule has 2 heterocycles. The number of aryl methyl sites for hydroxylation is 1. The summed E-state index contributed by atoms with van der Waals surface area (Å²) in [5, 5.41) is 22.3. The minimum Gasteiger partial charge on any atom is -0.477 e. The Morgan fingerprint density at radius 2 is 2.12 bits per heavy atom. The number of aromatic nitrogens is 3. The van der Waals surface area contributed by atoms with Gasteiger partial charge in [0.2, 0.25) is 0 Å². The largest absolute Gasteiger partial charge is 0.477 e. The minimum atomic E-state index is -1.22. The molecule has 0 saturated carbocycles. The maximum absolute atomic E-state index is 14.2. The quantitative estimate of drug-likeness (QED) is 0.758. The Morgan fingerprint density at radius 1 is 1.36 bits per heavy atom. The van der Waals surface area contributed by atoms with Crippen molar-refractivity contribution in [3.8, 4) is 23.0 Å². The van der Waals surface area contributed by atoms with E-state index in [1.54, 1.807) is 19.1 Å². The first-order chi connectivity index (χ1) is 11.9. The van der Waals surface area contributed by atoms with Crippen molar-refractivity contribution < 1.29 is 14.3 Å². The third-order valence-corrected chi connectivity index (χ3v) is 3.63. The molecule has 0 atom stereocenters. The molecule has 0 aliphatic rings. The lowest BCUT2D eigenvalue weighted by atomic mass is 10.0. The van der Waals surface area contributed by atoms with Gasteiger partial charge < -0.3 is 10.8 Å². The highest BCUT2D eigenvalue weighted by atomic mass is 19.1. The van der Waals surface area contributed by atoms with E-state index in [-0.39, 0.29) is 28.3 Å². The Bertz CT molecular complexity index is 1040. The molecule has 0 unspecified atom stereocenters. The van der Waals surface area contributed by atoms with Gasteiger partial charge in [0.1, 0.15) is 11.4 Å². The standard InChI is InChI=1S/C17H12FN5O2/c1-9-2-3-11(14(18)4-9)12-7-21-15(5-10(12)6-19)23-8-13(17(24)25)16(20)22-23/h2-5,7-8H,1H3,(H2,20,22)(H,24,25). The van der Waals surface area contributed by atoms with Gasteiger partial charge in [-0.05, 0) is 18.6 Å². The first kappa shape index (κ1) is 16.1. The molecule has 3 aromatic rings. The van der Waals surface area contributed by atoms with Gasteiger partial charge in [-0.2, -0.15) is 5.26 Å². The van der Waals surface area contributed by atoms with Crippen molar-refractivity contribution >= 4 is 11.8 Å². The second kappa shape index (κ2) is 6.05. The summed E-state index contributed by atoms with van der Waals surface area (Å²) in [4.78, 5) is 15.2. The van der Waals surface area contributed by atoms with Gasteiger partial charge in [-0.3, -0.25) is 0 Å². The lowest BCUT2D eigenvalue weighted by Gasteiger charge is -2.08. The second-order valence-electron chi connectivity index (χ2n) is 5.36. The zero-order chi connectivity index (χ0) is 18.1. The lowest BCUT2D eigenvalue weighted by Crippen LogP contribution is -2.01. The van der Waals surface area contributed by atoms with E-state index in [0.29, 0.717) is 5.56 Å². The summed E-state index contributed by atoms with van der Waals surface area (Å²) >= 11 is 0. The molecule has 0 aliphatic heterocycles. The molecular weight excluding hydrogens is 325 g/mol. The highest BCUT2D eigenvalue weighted by Gasteiger charge is 2.16. The zero-order valence-corrected chi connectivity index (χ0v) is 13.1. The van der Waals surface area contributed by atoms with Crippen LogP contribution in [0.1, 0.15) is 21.5 Å². The van der Waals surface area contributed by atoms with Gasteiger partial charge in [-0.25, -0.2) is 18.9 Å². The topological polar surface area (TPSA) is 118 Å². The third kappa shape index (κ3) is 2.90. The molecule has 0 bridgehead atoms. The van der Waals surface area contributed by atoms with Crippen LogP contribution in [0.2, 0.25) is 0 Å². The Kier molecular flexibility index (Phi) is 3.91. The Morgan fingerprint density at radius 3 is 2.72 bits per heavy atom. The van der Waals surface area contributed by atoms with E-state index in [9.17, 15) is 14.4 Å². The molecule has 2 aromatic heterocycles. The van der Waals surface area contributed by atoms with Crippen LogP contribution in [0.4, 0.5) is 10.2 Å². The first-order valence-corrected chi connectivity index (χ1v) is 7.16. The number of rotatable bonds is 3. The van der Waals surface area contributed by atoms with Crippen molar-refractivity contribution in [1.82, 2.24) is 14.8 Å². The van der Waals surface area contributed by atoms with Crippen molar-refractivity contribution in [1.29, 1.82) is 5.26 Å². The molecule has 3 rings (SSSR count). The number of aromatic carboxylic acids is 1. The van der Waals surface area contributed by atoms with E-state index < -0.39 is 11.8 Å². The average molecular weight is 337 g/mol. The van der Waals surface area contributed by atoms with Crippen LogP contribution in [0, 0.1) is 24.1 Å². The molecule has 25 heavy (non-hydrogen) atoms. The van der Waals surface area contributed by atoms with Gasteiger partial charge in [0, 0.05) is 29.6 Å². The van der Waals surface area contributed by atoms with Crippen molar-refractivity contribution in [3.05, 3.63) is 59.2 Å². The Hall–Kier alpha value is -3.73. The third-order valence-electron chi connectivity index (χ3n) is 3.63. The SMILES string of the molecule is Cc1ccc(-c2cnc(-n3cc(C(=O)O)c(N)n3)cc2C#N)c(F)c1. The number of nitrogen functional groups attached to an aromatic ring is 1. The number of carboxylic acid groups (broad SMARTS) is 1. The molecule has 0 aliphatic carbocycles. The molecule has 0 radical (unpaired) electrons. The highest BCUT2D eigenvalue weighted by Crippen LogP contribution is 2.27. The maximum Gasteiger partial charge on any atom is 0.341 e. The van der Waals surface area contributed by atoms with Gasteiger partial charge >= 0.3 is 5.97 Å². The van der Waals surface area contributed by atoms with Crippen LogP contribution in [0.3, 0.4) is 0 Å². The van der Waals surface area contributed by atoms with E-state index in [1.165, 1.54) is 24.5 Å². The number of nitriles is 1. The molecule has 7 nitrogen and oxygen atoms in total. The molecular formula is C17H12FN5O2. The normalized spacial score (nSPS) is 10.4. The Balaban J connectivity index is 2.10. The van der Waals surface area contributed by atoms with Crippen molar-refractivity contribution in [3.63, 3.8) is 0 Å². The smallest absolute Gasteiger partial charge is 0.341 e. The van der Waals surface area contributed by atoms with E-state index >= 15 is 0 Å². The number of halogens is 1. The predicted octanol–water partition coefficient (Wildman–Crippen LogP) is 2.53. The molecule has 0 saturated heterocycles. The number of hydrogen-bond acceptors (Lipinski definition) is 5. The van der Waals surface area contributed by atoms with E-state index in [2.05, 4.69) is 10.1 Å². The number of anilines is 1. The fourth-order valence-electron chi connectivity index (χ4n) is 2.38. The number of carboxylic acids is 1. The van der Waals surface area contributed by atoms with Crippen LogP contribution in [-0.4, -0.2) is 25.8 Å². The van der Waals surface area contributed by atoms with Crippen molar-refractivity contribution in [2.75, 3.05) is 5.73 Å². The van der Waals surface area contributed by atoms with Gasteiger partial charge in [0.05, 0.1) is 11.6 Å². The second-order valence-corrected chi connectivity index (χ2v) is 5.36. The van der Waals surface area contributed by atoms with Crippen LogP contribution < -0.4 is 5.73 Å². The van der Waals surface area contributed by atoms with Gasteiger partial charge in [0.25, 0.3) is 0 Å². The first-order valence-electron chi connectivity index (χ1n) is 7.16. The number of nitrogens with two attached hydrogens (primary N) is 1. The Labute approximate surface area is 141 Å². The molecule has 8 heteroatoms. The van der Waals surface area contributed by atoms with E-state index in [1.807, 2.05) is 6.07 Å². The molecule has 0 amide bonds. The van der Waals surface area contributed by atoms with Gasteiger partial charge in [-0.15, -0.1) is 5.10 Å². The number of pyridine rings is 1. The average Bonchev–Trinajstić information content (AvgIpc) is 2.96. The van der Waals surface area contributed by atoms with E-state index in [0.717, 1.165) is 10.2 Å². The monoisotopic (exact) mass is 337 g/mol. The van der Waals surface area contributed by atoms with Crippen LogP contribution >= 0.6 is 0 Å². The summed E-state index contributed by atoms with van der Waals surface area (Å²) in [6.07, 6.45) is 2.55. The van der Waals surface area contributed by atoms with Gasteiger partial charge in [-0.1, -0.05) is 12.1 Å². The molecule has 0 spiro atoms. The summed E-state index contributed by atoms with van der Waals surface area (Å²) in [5.41, 5.74) is 6.91. The number of carbonyl (C=O) groups is 1. The molecule has 124 valence electrons. The number of benzene rings is 1. The van der Waals surface area contributed by atoms with Crippen molar-refractivity contribution in [2.45, 2.75) is 6.92 Å². The molecule has 0 fully saturated rings. The van der Waals surface area contributed by atoms with Gasteiger partial charge in [0.15, 0.2) is 11.6 Å². The maximum atomic E-state index is 14.2. The summed E-state index contributed by atoms with van der Waals surface area (Å²) < 4.78 is 15.3. The fourth-order valence-corrected chi connectivity index (χ4v) is 2.38. The van der Waals surface area contributed by atoms with Crippen LogP contribution in [0.15, 0.2) is 36.7 Å².